The van der Waals surface area contributed by atoms with Gasteiger partial charge in [-0.2, -0.15) is 5.26 Å². The summed E-state index contributed by atoms with van der Waals surface area (Å²) in [6.45, 7) is 0.221. The summed E-state index contributed by atoms with van der Waals surface area (Å²) in [5.41, 5.74) is 1.47. The molecule has 0 unspecified atom stereocenters. The van der Waals surface area contributed by atoms with E-state index in [1.54, 1.807) is 24.3 Å². The summed E-state index contributed by atoms with van der Waals surface area (Å²) < 4.78 is 17.9. The van der Waals surface area contributed by atoms with E-state index < -0.39 is 0 Å². The van der Waals surface area contributed by atoms with Crippen LogP contribution in [-0.2, 0) is 11.3 Å². The molecule has 0 aromatic heterocycles. The van der Waals surface area contributed by atoms with Crippen LogP contribution in [0.5, 0.6) is 5.75 Å². The molecular weight excluding hydrogens is 271 g/mol. The van der Waals surface area contributed by atoms with Gasteiger partial charge in [-0.25, -0.2) is 4.39 Å². The smallest absolute Gasteiger partial charge is 0.258 e. The monoisotopic (exact) mass is 284 g/mol. The first-order chi connectivity index (χ1) is 10.2. The summed E-state index contributed by atoms with van der Waals surface area (Å²) in [5.74, 6) is -0.193. The predicted octanol–water partition coefficient (Wildman–Crippen LogP) is 2.39. The second-order valence-corrected chi connectivity index (χ2v) is 4.33. The minimum atomic E-state index is -0.354. The zero-order valence-electron chi connectivity index (χ0n) is 11.2. The van der Waals surface area contributed by atoms with Crippen molar-refractivity contribution in [2.75, 3.05) is 6.61 Å². The fraction of sp³-hybridized carbons (Fsp3) is 0.125. The molecule has 0 saturated carbocycles. The number of amides is 1. The third kappa shape index (κ3) is 4.62. The van der Waals surface area contributed by atoms with Crippen LogP contribution < -0.4 is 10.1 Å². The third-order valence-electron chi connectivity index (χ3n) is 2.76. The maximum atomic E-state index is 12.7. The quantitative estimate of drug-likeness (QED) is 0.917. The van der Waals surface area contributed by atoms with E-state index in [9.17, 15) is 9.18 Å². The number of nitrogens with one attached hydrogen (secondary N) is 1. The molecule has 0 aliphatic heterocycles. The van der Waals surface area contributed by atoms with E-state index in [-0.39, 0.29) is 18.3 Å². The molecule has 0 radical (unpaired) electrons. The van der Waals surface area contributed by atoms with Gasteiger partial charge in [0.25, 0.3) is 5.91 Å². The first kappa shape index (κ1) is 14.5. The summed E-state index contributed by atoms with van der Waals surface area (Å²) in [6, 6.07) is 14.4. The van der Waals surface area contributed by atoms with Gasteiger partial charge in [0.05, 0.1) is 11.6 Å². The molecule has 2 rings (SSSR count). The Balaban J connectivity index is 1.76. The molecule has 0 spiro atoms. The van der Waals surface area contributed by atoms with Crippen LogP contribution in [0.3, 0.4) is 0 Å². The van der Waals surface area contributed by atoms with Crippen LogP contribution in [0.15, 0.2) is 48.5 Å². The molecule has 0 saturated heterocycles. The van der Waals surface area contributed by atoms with Gasteiger partial charge < -0.3 is 10.1 Å². The largest absolute Gasteiger partial charge is 0.484 e. The zero-order chi connectivity index (χ0) is 15.1. The Morgan fingerprint density at radius 3 is 2.43 bits per heavy atom. The minimum Gasteiger partial charge on any atom is -0.484 e. The summed E-state index contributed by atoms with van der Waals surface area (Å²) in [5, 5.41) is 11.4. The van der Waals surface area contributed by atoms with E-state index in [0.717, 1.165) is 5.56 Å². The Morgan fingerprint density at radius 1 is 1.14 bits per heavy atom. The molecule has 5 heteroatoms. The standard InChI is InChI=1S/C16H13FN2O2/c17-14-5-7-15(8-6-14)21-11-16(20)19-10-13-3-1-12(9-18)2-4-13/h1-8H,10-11H2,(H,19,20). The lowest BCUT2D eigenvalue weighted by molar-refractivity contribution is -0.123. The fourth-order valence-corrected chi connectivity index (χ4v) is 1.63. The van der Waals surface area contributed by atoms with Gasteiger partial charge in [-0.1, -0.05) is 12.1 Å². The van der Waals surface area contributed by atoms with Crippen molar-refractivity contribution in [3.63, 3.8) is 0 Å². The number of carbonyl (C=O) groups excluding carboxylic acids is 1. The summed E-state index contributed by atoms with van der Waals surface area (Å²) in [4.78, 5) is 11.6. The number of rotatable bonds is 5. The Kier molecular flexibility index (Phi) is 4.89. The third-order valence-corrected chi connectivity index (χ3v) is 2.76. The summed E-state index contributed by atoms with van der Waals surface area (Å²) in [6.07, 6.45) is 0. The van der Waals surface area contributed by atoms with E-state index in [1.165, 1.54) is 24.3 Å². The number of benzene rings is 2. The molecule has 0 bridgehead atoms. The second-order valence-electron chi connectivity index (χ2n) is 4.33. The number of halogens is 1. The van der Waals surface area contributed by atoms with Crippen molar-refractivity contribution in [3.8, 4) is 11.8 Å². The molecule has 1 N–H and O–H groups in total. The van der Waals surface area contributed by atoms with E-state index in [4.69, 9.17) is 10.00 Å². The van der Waals surface area contributed by atoms with Gasteiger partial charge in [0.15, 0.2) is 6.61 Å². The molecular formula is C16H13FN2O2. The lowest BCUT2D eigenvalue weighted by Gasteiger charge is -2.07. The van der Waals surface area contributed by atoms with Crippen LogP contribution in [0.4, 0.5) is 4.39 Å². The van der Waals surface area contributed by atoms with Crippen LogP contribution in [-0.4, -0.2) is 12.5 Å². The van der Waals surface area contributed by atoms with E-state index in [0.29, 0.717) is 17.9 Å². The van der Waals surface area contributed by atoms with Crippen molar-refractivity contribution in [2.24, 2.45) is 0 Å². The molecule has 106 valence electrons. The number of nitrogens with zero attached hydrogens (tertiary/aromatic N) is 1. The Labute approximate surface area is 121 Å². The van der Waals surface area contributed by atoms with Gasteiger partial charge in [-0.3, -0.25) is 4.79 Å². The molecule has 0 heterocycles. The molecule has 21 heavy (non-hydrogen) atoms. The zero-order valence-corrected chi connectivity index (χ0v) is 11.2. The average molecular weight is 284 g/mol. The summed E-state index contributed by atoms with van der Waals surface area (Å²) >= 11 is 0. The number of nitriles is 1. The molecule has 2 aromatic rings. The van der Waals surface area contributed by atoms with Crippen molar-refractivity contribution >= 4 is 5.91 Å². The average Bonchev–Trinajstić information content (AvgIpc) is 2.53. The van der Waals surface area contributed by atoms with E-state index in [2.05, 4.69) is 5.32 Å². The van der Waals surface area contributed by atoms with Crippen LogP contribution >= 0.6 is 0 Å². The molecule has 0 fully saturated rings. The highest BCUT2D eigenvalue weighted by atomic mass is 19.1. The Hall–Kier alpha value is -2.87. The van der Waals surface area contributed by atoms with Crippen molar-refractivity contribution in [3.05, 3.63) is 65.5 Å². The number of hydrogen-bond donors (Lipinski definition) is 1. The Morgan fingerprint density at radius 2 is 1.81 bits per heavy atom. The molecule has 0 aliphatic rings. The predicted molar refractivity (Wildman–Crippen MR) is 74.9 cm³/mol. The molecule has 2 aromatic carbocycles. The van der Waals surface area contributed by atoms with Crippen molar-refractivity contribution in [1.29, 1.82) is 5.26 Å². The van der Waals surface area contributed by atoms with Gasteiger partial charge >= 0.3 is 0 Å². The van der Waals surface area contributed by atoms with Gasteiger partial charge in [0, 0.05) is 6.54 Å². The maximum Gasteiger partial charge on any atom is 0.258 e. The first-order valence-electron chi connectivity index (χ1n) is 6.31. The van der Waals surface area contributed by atoms with Gasteiger partial charge in [-0.15, -0.1) is 0 Å². The molecule has 0 aliphatic carbocycles. The number of carbonyl (C=O) groups is 1. The van der Waals surface area contributed by atoms with Crippen LogP contribution in [0, 0.1) is 17.1 Å². The minimum absolute atomic E-state index is 0.137. The van der Waals surface area contributed by atoms with E-state index in [1.807, 2.05) is 6.07 Å². The van der Waals surface area contributed by atoms with Gasteiger partial charge in [0.2, 0.25) is 0 Å². The molecule has 1 amide bonds. The van der Waals surface area contributed by atoms with Crippen LogP contribution in [0.25, 0.3) is 0 Å². The normalized spacial score (nSPS) is 9.71. The maximum absolute atomic E-state index is 12.7. The topological polar surface area (TPSA) is 62.1 Å². The highest BCUT2D eigenvalue weighted by Gasteiger charge is 2.03. The van der Waals surface area contributed by atoms with Crippen molar-refractivity contribution in [2.45, 2.75) is 6.54 Å². The van der Waals surface area contributed by atoms with Gasteiger partial charge in [-0.05, 0) is 42.0 Å². The van der Waals surface area contributed by atoms with Crippen LogP contribution in [0.2, 0.25) is 0 Å². The molecule has 0 atom stereocenters. The van der Waals surface area contributed by atoms with Crippen molar-refractivity contribution in [1.82, 2.24) is 5.32 Å². The number of ether oxygens (including phenoxy) is 1. The Bertz CT molecular complexity index is 645. The first-order valence-corrected chi connectivity index (χ1v) is 6.31. The van der Waals surface area contributed by atoms with Crippen molar-refractivity contribution < 1.29 is 13.9 Å². The summed E-state index contributed by atoms with van der Waals surface area (Å²) in [7, 11) is 0. The molecule has 4 nitrogen and oxygen atoms in total. The van der Waals surface area contributed by atoms with Crippen LogP contribution in [0.1, 0.15) is 11.1 Å². The second kappa shape index (κ2) is 7.06. The lowest BCUT2D eigenvalue weighted by atomic mass is 10.1. The van der Waals surface area contributed by atoms with Gasteiger partial charge in [0.1, 0.15) is 11.6 Å². The number of hydrogen-bond acceptors (Lipinski definition) is 3. The SMILES string of the molecule is N#Cc1ccc(CNC(=O)COc2ccc(F)cc2)cc1. The highest BCUT2D eigenvalue weighted by molar-refractivity contribution is 5.77. The fourth-order valence-electron chi connectivity index (χ4n) is 1.63. The van der Waals surface area contributed by atoms with E-state index >= 15 is 0 Å². The highest BCUT2D eigenvalue weighted by Crippen LogP contribution is 2.10. The lowest BCUT2D eigenvalue weighted by Crippen LogP contribution is -2.28.